The number of aromatic nitrogens is 2. The maximum atomic E-state index is 13.1. The molecule has 0 saturated heterocycles. The highest BCUT2D eigenvalue weighted by Gasteiger charge is 2.33. The molecule has 2 heterocycles. The normalized spacial score (nSPS) is 13.0. The molecule has 0 N–H and O–H groups in total. The third-order valence-electron chi connectivity index (χ3n) is 4.70. The Bertz CT molecular complexity index is 1150. The molecular formula is C21H15ClN4O2S. The molecule has 2 aromatic carbocycles. The summed E-state index contributed by atoms with van der Waals surface area (Å²) >= 11 is 7.66. The summed E-state index contributed by atoms with van der Waals surface area (Å²) in [5, 5.41) is 14.4. The Hall–Kier alpha value is -3.08. The predicted molar refractivity (Wildman–Crippen MR) is 112 cm³/mol. The molecular weight excluding hydrogens is 408 g/mol. The second kappa shape index (κ2) is 7.74. The molecule has 0 radical (unpaired) electrons. The number of hydrogen-bond donors (Lipinski definition) is 0. The molecule has 0 saturated carbocycles. The van der Waals surface area contributed by atoms with Crippen LogP contribution in [0.25, 0.3) is 11.3 Å². The van der Waals surface area contributed by atoms with Crippen molar-refractivity contribution in [1.82, 2.24) is 9.78 Å². The highest BCUT2D eigenvalue weighted by Crippen LogP contribution is 2.45. The average Bonchev–Trinajstić information content (AvgIpc) is 3.07. The van der Waals surface area contributed by atoms with Crippen LogP contribution in [0.15, 0.2) is 53.4 Å². The molecule has 0 aliphatic carbocycles. The van der Waals surface area contributed by atoms with Crippen molar-refractivity contribution in [2.75, 3.05) is 4.90 Å². The van der Waals surface area contributed by atoms with E-state index in [0.29, 0.717) is 28.6 Å². The largest absolute Gasteiger partial charge is 0.301 e. The molecule has 1 unspecified atom stereocenters. The molecule has 1 amide bonds. The maximum Gasteiger partial charge on any atom is 0.257 e. The smallest absolute Gasteiger partial charge is 0.257 e. The molecule has 1 aliphatic heterocycles. The van der Waals surface area contributed by atoms with Crippen LogP contribution < -0.4 is 4.90 Å². The van der Waals surface area contributed by atoms with E-state index in [4.69, 9.17) is 11.6 Å². The Labute approximate surface area is 176 Å². The molecule has 0 fully saturated rings. The van der Waals surface area contributed by atoms with E-state index in [9.17, 15) is 14.9 Å². The molecule has 29 heavy (non-hydrogen) atoms. The van der Waals surface area contributed by atoms with Gasteiger partial charge < -0.3 is 4.79 Å². The minimum absolute atomic E-state index is 0.352. The van der Waals surface area contributed by atoms with Crippen LogP contribution in [-0.2, 0) is 22.4 Å². The van der Waals surface area contributed by atoms with Gasteiger partial charge in [0.25, 0.3) is 5.91 Å². The second-order valence-electron chi connectivity index (χ2n) is 6.45. The number of halogens is 1. The fourth-order valence-corrected chi connectivity index (χ4v) is 4.55. The van der Waals surface area contributed by atoms with Gasteiger partial charge in [-0.2, -0.15) is 10.4 Å². The lowest BCUT2D eigenvalue weighted by Crippen LogP contribution is -2.33. The first-order valence-electron chi connectivity index (χ1n) is 8.77. The SMILES string of the molecule is Cn1nc(N(C(=O)C(C#N)C=O)c2ccc(Cl)cc2)c2c1-c1ccccc1SC2. The number of aryl methyl sites for hydroxylation is 1. The van der Waals surface area contributed by atoms with Gasteiger partial charge in [0.2, 0.25) is 0 Å². The number of fused-ring (bicyclic) bond motifs is 3. The molecule has 8 heteroatoms. The minimum Gasteiger partial charge on any atom is -0.301 e. The van der Waals surface area contributed by atoms with Crippen LogP contribution in [0, 0.1) is 17.2 Å². The number of thioether (sulfide) groups is 1. The first-order chi connectivity index (χ1) is 14.0. The van der Waals surface area contributed by atoms with Gasteiger partial charge in [-0.05, 0) is 30.3 Å². The summed E-state index contributed by atoms with van der Waals surface area (Å²) in [4.78, 5) is 26.9. The van der Waals surface area contributed by atoms with E-state index in [1.54, 1.807) is 46.8 Å². The Morgan fingerprint density at radius 3 is 2.72 bits per heavy atom. The Morgan fingerprint density at radius 1 is 1.31 bits per heavy atom. The predicted octanol–water partition coefficient (Wildman–Crippen LogP) is 4.35. The van der Waals surface area contributed by atoms with Crippen LogP contribution in [0.4, 0.5) is 11.5 Å². The lowest BCUT2D eigenvalue weighted by Gasteiger charge is -2.24. The zero-order chi connectivity index (χ0) is 20.5. The Morgan fingerprint density at radius 2 is 2.03 bits per heavy atom. The average molecular weight is 423 g/mol. The number of nitriles is 1. The van der Waals surface area contributed by atoms with Crippen LogP contribution in [0.1, 0.15) is 5.56 Å². The van der Waals surface area contributed by atoms with Gasteiger partial charge in [0.15, 0.2) is 11.7 Å². The minimum atomic E-state index is -1.42. The van der Waals surface area contributed by atoms with Crippen molar-refractivity contribution in [1.29, 1.82) is 5.26 Å². The second-order valence-corrected chi connectivity index (χ2v) is 7.91. The number of rotatable bonds is 4. The molecule has 6 nitrogen and oxygen atoms in total. The molecule has 1 atom stereocenters. The van der Waals surface area contributed by atoms with Crippen molar-refractivity contribution in [3.63, 3.8) is 0 Å². The van der Waals surface area contributed by atoms with Crippen molar-refractivity contribution in [2.24, 2.45) is 13.0 Å². The van der Waals surface area contributed by atoms with Gasteiger partial charge in [-0.25, -0.2) is 0 Å². The van der Waals surface area contributed by atoms with E-state index in [-0.39, 0.29) is 0 Å². The molecule has 1 aliphatic rings. The molecule has 1 aromatic heterocycles. The van der Waals surface area contributed by atoms with Gasteiger partial charge in [0.05, 0.1) is 17.5 Å². The number of carbonyl (C=O) groups excluding carboxylic acids is 2. The van der Waals surface area contributed by atoms with E-state index in [1.165, 1.54) is 4.90 Å². The topological polar surface area (TPSA) is 79.0 Å². The summed E-state index contributed by atoms with van der Waals surface area (Å²) < 4.78 is 1.74. The third kappa shape index (κ3) is 3.31. The van der Waals surface area contributed by atoms with Crippen LogP contribution in [0.2, 0.25) is 5.02 Å². The summed E-state index contributed by atoms with van der Waals surface area (Å²) in [6.07, 6.45) is 0.352. The number of aldehydes is 1. The Balaban J connectivity index is 1.91. The maximum absolute atomic E-state index is 13.1. The standard InChI is InChI=1S/C21H15ClN4O2S/c1-25-19-16-4-2-3-5-18(16)29-12-17(19)20(24-25)26(21(28)13(10-23)11-27)15-8-6-14(22)7-9-15/h2-9,11,13H,12H2,1H3. The molecule has 0 bridgehead atoms. The number of anilines is 2. The monoisotopic (exact) mass is 422 g/mol. The molecule has 144 valence electrons. The summed E-state index contributed by atoms with van der Waals surface area (Å²) in [5.74, 6) is -1.04. The third-order valence-corrected chi connectivity index (χ3v) is 6.05. The molecule has 0 spiro atoms. The van der Waals surface area contributed by atoms with E-state index >= 15 is 0 Å². The van der Waals surface area contributed by atoms with Gasteiger partial charge in [-0.1, -0.05) is 29.8 Å². The molecule has 4 rings (SSSR count). The van der Waals surface area contributed by atoms with Crippen molar-refractivity contribution < 1.29 is 9.59 Å². The van der Waals surface area contributed by atoms with Crippen LogP contribution in [-0.4, -0.2) is 22.0 Å². The van der Waals surface area contributed by atoms with Gasteiger partial charge in [0.1, 0.15) is 6.29 Å². The zero-order valence-corrected chi connectivity index (χ0v) is 16.9. The van der Waals surface area contributed by atoms with Crippen molar-refractivity contribution >= 4 is 47.1 Å². The highest BCUT2D eigenvalue weighted by molar-refractivity contribution is 7.98. The van der Waals surface area contributed by atoms with Crippen LogP contribution >= 0.6 is 23.4 Å². The lowest BCUT2D eigenvalue weighted by molar-refractivity contribution is -0.124. The summed E-state index contributed by atoms with van der Waals surface area (Å²) in [6.45, 7) is 0. The van der Waals surface area contributed by atoms with E-state index in [1.807, 2.05) is 25.2 Å². The summed E-state index contributed by atoms with van der Waals surface area (Å²) in [5.41, 5.74) is 3.32. The van der Waals surface area contributed by atoms with E-state index < -0.39 is 11.8 Å². The van der Waals surface area contributed by atoms with Gasteiger partial charge in [0, 0.05) is 33.8 Å². The molecule has 3 aromatic rings. The number of benzene rings is 2. The number of hydrogen-bond acceptors (Lipinski definition) is 5. The number of carbonyl (C=O) groups is 2. The van der Waals surface area contributed by atoms with E-state index in [2.05, 4.69) is 11.2 Å². The first kappa shape index (κ1) is 19.2. The van der Waals surface area contributed by atoms with Crippen LogP contribution in [0.5, 0.6) is 0 Å². The zero-order valence-electron chi connectivity index (χ0n) is 15.4. The fraction of sp³-hybridized carbons (Fsp3) is 0.143. The van der Waals surface area contributed by atoms with Gasteiger partial charge in [-0.3, -0.25) is 14.4 Å². The summed E-state index contributed by atoms with van der Waals surface area (Å²) in [6, 6.07) is 16.4. The van der Waals surface area contributed by atoms with Gasteiger partial charge in [-0.15, -0.1) is 11.8 Å². The van der Waals surface area contributed by atoms with Gasteiger partial charge >= 0.3 is 0 Å². The highest BCUT2D eigenvalue weighted by atomic mass is 35.5. The Kier molecular flexibility index (Phi) is 5.14. The fourth-order valence-electron chi connectivity index (χ4n) is 3.37. The van der Waals surface area contributed by atoms with Crippen molar-refractivity contribution in [2.45, 2.75) is 10.6 Å². The quantitative estimate of drug-likeness (QED) is 0.461. The first-order valence-corrected chi connectivity index (χ1v) is 10.1. The van der Waals surface area contributed by atoms with Crippen LogP contribution in [0.3, 0.4) is 0 Å². The van der Waals surface area contributed by atoms with E-state index in [0.717, 1.165) is 21.7 Å². The van der Waals surface area contributed by atoms with Crippen molar-refractivity contribution in [3.8, 4) is 17.3 Å². The summed E-state index contributed by atoms with van der Waals surface area (Å²) in [7, 11) is 1.82. The lowest BCUT2D eigenvalue weighted by atomic mass is 10.1. The number of amides is 1. The van der Waals surface area contributed by atoms with Crippen molar-refractivity contribution in [3.05, 3.63) is 59.1 Å². The number of nitrogens with zero attached hydrogens (tertiary/aromatic N) is 4.